The van der Waals surface area contributed by atoms with Crippen LogP contribution in [0.3, 0.4) is 0 Å². The molecule has 6 nitrogen and oxygen atoms in total. The van der Waals surface area contributed by atoms with Gasteiger partial charge in [0.1, 0.15) is 0 Å². The molecular formula is C17H12Cl2N6. The molecule has 0 radical (unpaired) electrons. The molecule has 0 aliphatic carbocycles. The molecule has 1 N–H and O–H groups in total. The number of pyridine rings is 1. The first-order valence-electron chi connectivity index (χ1n) is 7.53. The van der Waals surface area contributed by atoms with Crippen LogP contribution in [0.5, 0.6) is 0 Å². The maximum absolute atomic E-state index is 6.27. The van der Waals surface area contributed by atoms with Crippen LogP contribution in [-0.4, -0.2) is 25.2 Å². The van der Waals surface area contributed by atoms with E-state index in [2.05, 4.69) is 25.8 Å². The first-order valence-corrected chi connectivity index (χ1v) is 8.29. The summed E-state index contributed by atoms with van der Waals surface area (Å²) in [6.45, 7) is 0.543. The Kier molecular flexibility index (Phi) is 4.21. The third kappa shape index (κ3) is 3.01. The van der Waals surface area contributed by atoms with Gasteiger partial charge in [-0.05, 0) is 40.3 Å². The van der Waals surface area contributed by atoms with Gasteiger partial charge in [-0.1, -0.05) is 52.6 Å². The molecule has 0 spiro atoms. The largest absolute Gasteiger partial charge is 0.349 e. The molecule has 0 saturated heterocycles. The zero-order chi connectivity index (χ0) is 17.2. The fourth-order valence-corrected chi connectivity index (χ4v) is 2.99. The molecule has 4 rings (SSSR count). The SMILES string of the molecule is Clc1cccc(-n2nnnc2NCc2cccc3ncccc23)c1Cl. The van der Waals surface area contributed by atoms with E-state index in [-0.39, 0.29) is 0 Å². The molecule has 0 amide bonds. The van der Waals surface area contributed by atoms with Crippen LogP contribution in [0.25, 0.3) is 16.6 Å². The van der Waals surface area contributed by atoms with E-state index in [4.69, 9.17) is 23.2 Å². The monoisotopic (exact) mass is 370 g/mol. The Morgan fingerprint density at radius 2 is 1.88 bits per heavy atom. The van der Waals surface area contributed by atoms with E-state index in [1.165, 1.54) is 4.68 Å². The third-order valence-corrected chi connectivity index (χ3v) is 4.61. The molecule has 2 aromatic carbocycles. The van der Waals surface area contributed by atoms with Crippen molar-refractivity contribution in [2.24, 2.45) is 0 Å². The van der Waals surface area contributed by atoms with E-state index in [0.717, 1.165) is 16.5 Å². The highest BCUT2D eigenvalue weighted by Gasteiger charge is 2.13. The van der Waals surface area contributed by atoms with Crippen LogP contribution < -0.4 is 5.32 Å². The molecule has 4 aromatic rings. The number of hydrogen-bond donors (Lipinski definition) is 1. The lowest BCUT2D eigenvalue weighted by atomic mass is 10.1. The van der Waals surface area contributed by atoms with Crippen molar-refractivity contribution in [2.45, 2.75) is 6.54 Å². The summed E-state index contributed by atoms with van der Waals surface area (Å²) in [4.78, 5) is 4.37. The van der Waals surface area contributed by atoms with E-state index in [1.807, 2.05) is 30.3 Å². The summed E-state index contributed by atoms with van der Waals surface area (Å²) in [6, 6.07) is 15.3. The van der Waals surface area contributed by atoms with Crippen molar-refractivity contribution in [2.75, 3.05) is 5.32 Å². The summed E-state index contributed by atoms with van der Waals surface area (Å²) in [5.41, 5.74) is 2.65. The lowest BCUT2D eigenvalue weighted by molar-refractivity contribution is 0.789. The number of rotatable bonds is 4. The third-order valence-electron chi connectivity index (χ3n) is 3.80. The molecule has 0 unspecified atom stereocenters. The highest BCUT2D eigenvalue weighted by atomic mass is 35.5. The van der Waals surface area contributed by atoms with E-state index < -0.39 is 0 Å². The van der Waals surface area contributed by atoms with Crippen molar-refractivity contribution in [1.29, 1.82) is 0 Å². The quantitative estimate of drug-likeness (QED) is 0.584. The second kappa shape index (κ2) is 6.66. The zero-order valence-corrected chi connectivity index (χ0v) is 14.4. The molecule has 0 fully saturated rings. The van der Waals surface area contributed by atoms with Crippen LogP contribution >= 0.6 is 23.2 Å². The smallest absolute Gasteiger partial charge is 0.248 e. The van der Waals surface area contributed by atoms with Crippen LogP contribution in [0.4, 0.5) is 5.95 Å². The predicted octanol–water partition coefficient (Wildman–Crippen LogP) is 4.13. The van der Waals surface area contributed by atoms with E-state index in [0.29, 0.717) is 28.2 Å². The number of hydrogen-bond acceptors (Lipinski definition) is 5. The Morgan fingerprint density at radius 3 is 2.80 bits per heavy atom. The van der Waals surface area contributed by atoms with Gasteiger partial charge < -0.3 is 5.32 Å². The van der Waals surface area contributed by atoms with Crippen molar-refractivity contribution >= 4 is 40.1 Å². The first-order chi connectivity index (χ1) is 12.2. The van der Waals surface area contributed by atoms with Gasteiger partial charge in [0.15, 0.2) is 0 Å². The lowest BCUT2D eigenvalue weighted by Crippen LogP contribution is -2.08. The van der Waals surface area contributed by atoms with Crippen molar-refractivity contribution in [3.8, 4) is 5.69 Å². The summed E-state index contributed by atoms with van der Waals surface area (Å²) < 4.78 is 1.53. The number of nitrogens with one attached hydrogen (secondary N) is 1. The van der Waals surface area contributed by atoms with Gasteiger partial charge in [-0.25, -0.2) is 0 Å². The maximum atomic E-state index is 6.27. The summed E-state index contributed by atoms with van der Waals surface area (Å²) in [5, 5.41) is 16.9. The lowest BCUT2D eigenvalue weighted by Gasteiger charge is -2.10. The Balaban J connectivity index is 1.65. The fraction of sp³-hybridized carbons (Fsp3) is 0.0588. The predicted molar refractivity (Wildman–Crippen MR) is 98.2 cm³/mol. The van der Waals surface area contributed by atoms with Crippen LogP contribution in [-0.2, 0) is 6.54 Å². The van der Waals surface area contributed by atoms with Gasteiger partial charge in [0.25, 0.3) is 0 Å². The topological polar surface area (TPSA) is 68.5 Å². The number of nitrogens with zero attached hydrogens (tertiary/aromatic N) is 5. The highest BCUT2D eigenvalue weighted by molar-refractivity contribution is 6.43. The van der Waals surface area contributed by atoms with Gasteiger partial charge in [-0.2, -0.15) is 4.68 Å². The minimum atomic E-state index is 0.397. The van der Waals surface area contributed by atoms with Crippen molar-refractivity contribution in [1.82, 2.24) is 25.2 Å². The van der Waals surface area contributed by atoms with Gasteiger partial charge in [0.2, 0.25) is 5.95 Å². The van der Waals surface area contributed by atoms with Gasteiger partial charge in [0, 0.05) is 18.1 Å². The Bertz CT molecular complexity index is 1040. The standard InChI is InChI=1S/C17H12Cl2N6/c18-13-6-2-8-15(16(13)19)25-17(22-23-24-25)21-10-11-4-1-7-14-12(11)5-3-9-20-14/h1-9H,10H2,(H,21,22,24). The number of fused-ring (bicyclic) bond motifs is 1. The van der Waals surface area contributed by atoms with Gasteiger partial charge in [-0.3, -0.25) is 4.98 Å². The zero-order valence-electron chi connectivity index (χ0n) is 12.9. The van der Waals surface area contributed by atoms with Gasteiger partial charge >= 0.3 is 0 Å². The second-order valence-electron chi connectivity index (χ2n) is 5.33. The molecule has 25 heavy (non-hydrogen) atoms. The molecule has 124 valence electrons. The van der Waals surface area contributed by atoms with Crippen LogP contribution in [0, 0.1) is 0 Å². The van der Waals surface area contributed by atoms with Crippen molar-refractivity contribution in [3.05, 3.63) is 70.3 Å². The number of halogens is 2. The molecule has 0 saturated carbocycles. The molecule has 0 aliphatic rings. The molecule has 0 atom stereocenters. The van der Waals surface area contributed by atoms with Crippen LogP contribution in [0.1, 0.15) is 5.56 Å². The van der Waals surface area contributed by atoms with Gasteiger partial charge in [0.05, 0.1) is 21.2 Å². The number of anilines is 1. The number of benzene rings is 2. The number of aromatic nitrogens is 5. The molecule has 2 aromatic heterocycles. The molecular weight excluding hydrogens is 359 g/mol. The molecule has 0 aliphatic heterocycles. The summed E-state index contributed by atoms with van der Waals surface area (Å²) in [6.07, 6.45) is 1.78. The summed E-state index contributed by atoms with van der Waals surface area (Å²) >= 11 is 12.3. The molecule has 8 heteroatoms. The van der Waals surface area contributed by atoms with Crippen LogP contribution in [0.15, 0.2) is 54.7 Å². The summed E-state index contributed by atoms with van der Waals surface area (Å²) in [5.74, 6) is 0.477. The average molecular weight is 371 g/mol. The summed E-state index contributed by atoms with van der Waals surface area (Å²) in [7, 11) is 0. The molecule has 2 heterocycles. The maximum Gasteiger partial charge on any atom is 0.248 e. The first kappa shape index (κ1) is 15.8. The Labute approximate surface area is 153 Å². The number of tetrazole rings is 1. The Morgan fingerprint density at radius 1 is 1.00 bits per heavy atom. The van der Waals surface area contributed by atoms with E-state index >= 15 is 0 Å². The van der Waals surface area contributed by atoms with Crippen LogP contribution in [0.2, 0.25) is 10.0 Å². The normalized spacial score (nSPS) is 11.0. The van der Waals surface area contributed by atoms with Crippen molar-refractivity contribution < 1.29 is 0 Å². The molecule has 0 bridgehead atoms. The van der Waals surface area contributed by atoms with E-state index in [1.54, 1.807) is 24.4 Å². The minimum Gasteiger partial charge on any atom is -0.349 e. The van der Waals surface area contributed by atoms with Gasteiger partial charge in [-0.15, -0.1) is 0 Å². The average Bonchev–Trinajstić information content (AvgIpc) is 3.10. The fourth-order valence-electron chi connectivity index (χ4n) is 2.61. The minimum absolute atomic E-state index is 0.397. The van der Waals surface area contributed by atoms with E-state index in [9.17, 15) is 0 Å². The second-order valence-corrected chi connectivity index (χ2v) is 6.11. The highest BCUT2D eigenvalue weighted by Crippen LogP contribution is 2.29. The van der Waals surface area contributed by atoms with Crippen molar-refractivity contribution in [3.63, 3.8) is 0 Å². The Hall–Kier alpha value is -2.70.